The van der Waals surface area contributed by atoms with Crippen LogP contribution in [0.4, 0.5) is 13.2 Å². The van der Waals surface area contributed by atoms with E-state index >= 15 is 0 Å². The van der Waals surface area contributed by atoms with Crippen molar-refractivity contribution in [2.24, 2.45) is 0 Å². The first-order valence-corrected chi connectivity index (χ1v) is 3.93. The summed E-state index contributed by atoms with van der Waals surface area (Å²) in [4.78, 5) is 2.96. The van der Waals surface area contributed by atoms with E-state index in [0.717, 1.165) is 0 Å². The van der Waals surface area contributed by atoms with Gasteiger partial charge in [0.25, 0.3) is 12.4 Å². The molecular weight excluding hydrogens is 286 g/mol. The van der Waals surface area contributed by atoms with Gasteiger partial charge in [-0.1, -0.05) is 0 Å². The van der Waals surface area contributed by atoms with E-state index in [1.165, 1.54) is 22.6 Å². The zero-order valence-electron chi connectivity index (χ0n) is 5.56. The Kier molecular flexibility index (Phi) is 2.76. The number of hydrogen-bond acceptors (Lipinski definition) is 2. The highest BCUT2D eigenvalue weighted by atomic mass is 127. The van der Waals surface area contributed by atoms with Crippen molar-refractivity contribution in [3.05, 3.63) is 21.3 Å². The smallest absolute Gasteiger partial charge is 0.266 e. The highest BCUT2D eigenvalue weighted by Gasteiger charge is 2.17. The molecule has 0 fully saturated rings. The van der Waals surface area contributed by atoms with E-state index in [1.807, 2.05) is 0 Å². The van der Waals surface area contributed by atoms with Gasteiger partial charge < -0.3 is 5.11 Å². The van der Waals surface area contributed by atoms with Crippen molar-refractivity contribution in [3.8, 4) is 5.75 Å². The van der Waals surface area contributed by atoms with Crippen LogP contribution >= 0.6 is 22.6 Å². The average molecular weight is 289 g/mol. The summed E-state index contributed by atoms with van der Waals surface area (Å²) in [5.74, 6) is -1.96. The number of aromatic nitrogens is 1. The van der Waals surface area contributed by atoms with Crippen LogP contribution in [0.25, 0.3) is 0 Å². The Balaban J connectivity index is 3.27. The molecule has 0 aromatic carbocycles. The Morgan fingerprint density at radius 1 is 1.50 bits per heavy atom. The Bertz CT molecular complexity index is 305. The quantitative estimate of drug-likeness (QED) is 0.636. The Morgan fingerprint density at radius 3 is 2.58 bits per heavy atom. The van der Waals surface area contributed by atoms with Gasteiger partial charge >= 0.3 is 0 Å². The fraction of sp³-hybridized carbons (Fsp3) is 0.167. The summed E-state index contributed by atoms with van der Waals surface area (Å²) in [6, 6.07) is 0. The van der Waals surface area contributed by atoms with Gasteiger partial charge in [-0.3, -0.25) is 0 Å². The van der Waals surface area contributed by atoms with Gasteiger partial charge in [0.05, 0.1) is 9.13 Å². The van der Waals surface area contributed by atoms with Gasteiger partial charge in [-0.25, -0.2) is 13.8 Å². The van der Waals surface area contributed by atoms with Crippen LogP contribution in [-0.4, -0.2) is 10.1 Å². The predicted molar refractivity (Wildman–Crippen MR) is 43.5 cm³/mol. The van der Waals surface area contributed by atoms with Crippen LogP contribution in [0.5, 0.6) is 5.75 Å². The molecule has 1 rings (SSSR count). The fourth-order valence-electron chi connectivity index (χ4n) is 0.623. The maximum Gasteiger partial charge on any atom is 0.266 e. The molecule has 12 heavy (non-hydrogen) atoms. The molecule has 6 heteroatoms. The molecule has 2 nitrogen and oxygen atoms in total. The molecule has 0 aliphatic heterocycles. The summed E-state index contributed by atoms with van der Waals surface area (Å²) >= 11 is 1.44. The SMILES string of the molecule is Oc1c(F)ncc(C(F)F)c1I. The second-order valence-electron chi connectivity index (χ2n) is 1.97. The van der Waals surface area contributed by atoms with Crippen molar-refractivity contribution < 1.29 is 18.3 Å². The zero-order valence-corrected chi connectivity index (χ0v) is 7.72. The third-order valence-corrected chi connectivity index (χ3v) is 2.34. The molecule has 0 atom stereocenters. The maximum absolute atomic E-state index is 12.4. The maximum atomic E-state index is 12.4. The minimum atomic E-state index is -2.75. The summed E-state index contributed by atoms with van der Waals surface area (Å²) < 4.78 is 36.3. The van der Waals surface area contributed by atoms with Gasteiger partial charge in [0, 0.05) is 6.20 Å². The Labute approximate surface area is 79.6 Å². The van der Waals surface area contributed by atoms with Gasteiger partial charge in [0.2, 0.25) is 0 Å². The van der Waals surface area contributed by atoms with Crippen LogP contribution in [-0.2, 0) is 0 Å². The van der Waals surface area contributed by atoms with Crippen LogP contribution in [0.2, 0.25) is 0 Å². The Morgan fingerprint density at radius 2 is 2.08 bits per heavy atom. The second-order valence-corrected chi connectivity index (χ2v) is 3.05. The van der Waals surface area contributed by atoms with Crippen molar-refractivity contribution in [1.29, 1.82) is 0 Å². The molecule has 0 spiro atoms. The first-order valence-electron chi connectivity index (χ1n) is 2.85. The lowest BCUT2D eigenvalue weighted by Gasteiger charge is -2.03. The molecule has 0 bridgehead atoms. The minimum Gasteiger partial charge on any atom is -0.503 e. The first kappa shape index (κ1) is 9.56. The van der Waals surface area contributed by atoms with Crippen LogP contribution in [0.3, 0.4) is 0 Å². The lowest BCUT2D eigenvalue weighted by atomic mass is 10.3. The minimum absolute atomic E-state index is 0.199. The van der Waals surface area contributed by atoms with E-state index in [0.29, 0.717) is 6.20 Å². The molecule has 1 N–H and O–H groups in total. The molecule has 1 aromatic rings. The summed E-state index contributed by atoms with van der Waals surface area (Å²) in [6.07, 6.45) is -2.04. The lowest BCUT2D eigenvalue weighted by molar-refractivity contribution is 0.149. The highest BCUT2D eigenvalue weighted by molar-refractivity contribution is 14.1. The normalized spacial score (nSPS) is 10.8. The van der Waals surface area contributed by atoms with Crippen molar-refractivity contribution in [2.75, 3.05) is 0 Å². The lowest BCUT2D eigenvalue weighted by Crippen LogP contribution is -1.95. The van der Waals surface area contributed by atoms with Crippen LogP contribution in [0, 0.1) is 9.52 Å². The van der Waals surface area contributed by atoms with Crippen molar-refractivity contribution in [1.82, 2.24) is 4.98 Å². The van der Waals surface area contributed by atoms with E-state index in [-0.39, 0.29) is 3.57 Å². The summed E-state index contributed by atoms with van der Waals surface area (Å²) in [7, 11) is 0. The van der Waals surface area contributed by atoms with E-state index in [1.54, 1.807) is 0 Å². The third-order valence-electron chi connectivity index (χ3n) is 1.21. The third kappa shape index (κ3) is 1.62. The number of hydrogen-bond donors (Lipinski definition) is 1. The Hall–Kier alpha value is -0.530. The molecule has 0 unspecified atom stereocenters. The summed E-state index contributed by atoms with van der Waals surface area (Å²) in [5, 5.41) is 8.86. The van der Waals surface area contributed by atoms with Gasteiger partial charge in [0.1, 0.15) is 0 Å². The largest absolute Gasteiger partial charge is 0.503 e. The van der Waals surface area contributed by atoms with Gasteiger partial charge in [-0.2, -0.15) is 4.39 Å². The van der Waals surface area contributed by atoms with Gasteiger partial charge in [-0.05, 0) is 22.6 Å². The highest BCUT2D eigenvalue weighted by Crippen LogP contribution is 2.30. The number of rotatable bonds is 1. The number of halogens is 4. The van der Waals surface area contributed by atoms with E-state index in [4.69, 9.17) is 5.11 Å². The molecule has 1 heterocycles. The van der Waals surface area contributed by atoms with E-state index in [9.17, 15) is 13.2 Å². The molecule has 0 saturated carbocycles. The zero-order chi connectivity index (χ0) is 9.30. The van der Waals surface area contributed by atoms with Crippen LogP contribution < -0.4 is 0 Å². The van der Waals surface area contributed by atoms with E-state index in [2.05, 4.69) is 4.98 Å². The monoisotopic (exact) mass is 289 g/mol. The van der Waals surface area contributed by atoms with E-state index < -0.39 is 23.7 Å². The predicted octanol–water partition coefficient (Wildman–Crippen LogP) is 2.47. The standard InChI is InChI=1S/C6H3F3INO/c7-5(8)2-1-11-6(9)4(12)3(2)10/h1,5,12H. The molecule has 66 valence electrons. The number of nitrogens with zero attached hydrogens (tertiary/aromatic N) is 1. The number of aromatic hydroxyl groups is 1. The topological polar surface area (TPSA) is 33.1 Å². The number of pyridine rings is 1. The molecule has 1 aromatic heterocycles. The average Bonchev–Trinajstić information content (AvgIpc) is 2.00. The van der Waals surface area contributed by atoms with Crippen LogP contribution in [0.15, 0.2) is 6.20 Å². The van der Waals surface area contributed by atoms with Crippen molar-refractivity contribution in [3.63, 3.8) is 0 Å². The summed E-state index contributed by atoms with van der Waals surface area (Å²) in [5.41, 5.74) is -0.463. The molecule has 0 aliphatic rings. The molecule has 0 amide bonds. The molecule has 0 saturated heterocycles. The second kappa shape index (κ2) is 3.46. The molecule has 0 radical (unpaired) electrons. The molecule has 0 aliphatic carbocycles. The van der Waals surface area contributed by atoms with Crippen molar-refractivity contribution in [2.45, 2.75) is 6.43 Å². The van der Waals surface area contributed by atoms with Gasteiger partial charge in [-0.15, -0.1) is 0 Å². The molecular formula is C6H3F3INO. The fourth-order valence-corrected chi connectivity index (χ4v) is 1.22. The number of alkyl halides is 2. The van der Waals surface area contributed by atoms with Gasteiger partial charge in [0.15, 0.2) is 5.75 Å². The summed E-state index contributed by atoms with van der Waals surface area (Å²) in [6.45, 7) is 0. The first-order chi connectivity index (χ1) is 5.54. The van der Waals surface area contributed by atoms with Crippen LogP contribution in [0.1, 0.15) is 12.0 Å². The van der Waals surface area contributed by atoms with Crippen molar-refractivity contribution >= 4 is 22.6 Å².